The minimum Gasteiger partial charge on any atom is -0.321 e. The number of halogens is 1. The molecule has 1 amide bonds. The third kappa shape index (κ3) is 3.76. The highest BCUT2D eigenvalue weighted by Gasteiger charge is 2.03. The number of amides is 1. The summed E-state index contributed by atoms with van der Waals surface area (Å²) in [6, 6.07) is 5.53. The molecule has 0 radical (unpaired) electrons. The number of allylic oxidation sites excluding steroid dienone is 1. The molecule has 80 valence electrons. The van der Waals surface area contributed by atoms with Gasteiger partial charge in [0.25, 0.3) is 0 Å². The van der Waals surface area contributed by atoms with E-state index in [-0.39, 0.29) is 5.91 Å². The van der Waals surface area contributed by atoms with Crippen LogP contribution in [0.1, 0.15) is 19.4 Å². The summed E-state index contributed by atoms with van der Waals surface area (Å²) in [6.07, 6.45) is 1.54. The van der Waals surface area contributed by atoms with Crippen LogP contribution in [-0.4, -0.2) is 5.91 Å². The van der Waals surface area contributed by atoms with Gasteiger partial charge in [-0.2, -0.15) is 0 Å². The van der Waals surface area contributed by atoms with Crippen molar-refractivity contribution < 1.29 is 4.79 Å². The summed E-state index contributed by atoms with van der Waals surface area (Å²) in [4.78, 5) is 11.4. The van der Waals surface area contributed by atoms with E-state index < -0.39 is 0 Å². The Morgan fingerprint density at radius 3 is 2.60 bits per heavy atom. The zero-order valence-electron chi connectivity index (χ0n) is 9.10. The fourth-order valence-corrected chi connectivity index (χ4v) is 1.43. The maximum atomic E-state index is 11.4. The second-order valence-electron chi connectivity index (χ2n) is 3.69. The van der Waals surface area contributed by atoms with E-state index in [9.17, 15) is 4.79 Å². The maximum Gasteiger partial charge on any atom is 0.248 e. The van der Waals surface area contributed by atoms with E-state index in [4.69, 9.17) is 11.6 Å². The van der Waals surface area contributed by atoms with Crippen molar-refractivity contribution in [3.05, 3.63) is 40.4 Å². The summed E-state index contributed by atoms with van der Waals surface area (Å²) in [7, 11) is 0. The van der Waals surface area contributed by atoms with Crippen molar-refractivity contribution in [1.82, 2.24) is 0 Å². The van der Waals surface area contributed by atoms with Gasteiger partial charge in [0.1, 0.15) is 0 Å². The Hall–Kier alpha value is -1.28. The Morgan fingerprint density at radius 2 is 2.07 bits per heavy atom. The molecule has 1 aromatic carbocycles. The molecule has 3 heteroatoms. The van der Waals surface area contributed by atoms with E-state index in [1.807, 2.05) is 32.9 Å². The van der Waals surface area contributed by atoms with Crippen LogP contribution < -0.4 is 5.32 Å². The summed E-state index contributed by atoms with van der Waals surface area (Å²) in [5, 5.41) is 3.28. The summed E-state index contributed by atoms with van der Waals surface area (Å²) in [5.41, 5.74) is 2.67. The molecular weight excluding hydrogens is 210 g/mol. The summed E-state index contributed by atoms with van der Waals surface area (Å²) >= 11 is 5.97. The first-order chi connectivity index (χ1) is 6.99. The minimum atomic E-state index is -0.152. The Balaban J connectivity index is 2.82. The van der Waals surface area contributed by atoms with Gasteiger partial charge in [0.05, 0.1) is 10.7 Å². The Morgan fingerprint density at radius 1 is 1.40 bits per heavy atom. The third-order valence-corrected chi connectivity index (χ3v) is 2.11. The van der Waals surface area contributed by atoms with Gasteiger partial charge in [0.2, 0.25) is 5.91 Å². The van der Waals surface area contributed by atoms with Crippen LogP contribution in [0.25, 0.3) is 0 Å². The maximum absolute atomic E-state index is 11.4. The number of nitrogens with one attached hydrogen (secondary N) is 1. The van der Waals surface area contributed by atoms with Gasteiger partial charge in [-0.1, -0.05) is 23.2 Å². The lowest BCUT2D eigenvalue weighted by Crippen LogP contribution is -2.08. The van der Waals surface area contributed by atoms with Crippen LogP contribution in [0.15, 0.2) is 29.8 Å². The molecular formula is C12H14ClNO. The number of carbonyl (C=O) groups is 1. The number of anilines is 1. The van der Waals surface area contributed by atoms with E-state index >= 15 is 0 Å². The molecule has 1 aromatic rings. The molecule has 0 bridgehead atoms. The lowest BCUT2D eigenvalue weighted by atomic mass is 10.2. The lowest BCUT2D eigenvalue weighted by molar-refractivity contribution is -0.111. The zero-order valence-corrected chi connectivity index (χ0v) is 9.85. The van der Waals surface area contributed by atoms with Gasteiger partial charge < -0.3 is 5.32 Å². The monoisotopic (exact) mass is 223 g/mol. The average molecular weight is 224 g/mol. The predicted octanol–water partition coefficient (Wildman–Crippen LogP) is 3.55. The molecule has 1 rings (SSSR count). The second kappa shape index (κ2) is 4.99. The molecule has 0 aliphatic carbocycles. The largest absolute Gasteiger partial charge is 0.321 e. The van der Waals surface area contributed by atoms with Gasteiger partial charge >= 0.3 is 0 Å². The van der Waals surface area contributed by atoms with Gasteiger partial charge in [0.15, 0.2) is 0 Å². The van der Waals surface area contributed by atoms with Crippen molar-refractivity contribution in [2.45, 2.75) is 20.8 Å². The molecule has 0 aliphatic heterocycles. The van der Waals surface area contributed by atoms with Crippen LogP contribution in [0.3, 0.4) is 0 Å². The summed E-state index contributed by atoms with van der Waals surface area (Å²) in [5.74, 6) is -0.152. The number of rotatable bonds is 2. The fourth-order valence-electron chi connectivity index (χ4n) is 1.15. The minimum absolute atomic E-state index is 0.152. The molecule has 0 fully saturated rings. The topological polar surface area (TPSA) is 29.1 Å². The van der Waals surface area contributed by atoms with Crippen molar-refractivity contribution in [1.29, 1.82) is 0 Å². The molecule has 0 atom stereocenters. The molecule has 0 saturated heterocycles. The molecule has 0 spiro atoms. The average Bonchev–Trinajstić information content (AvgIpc) is 2.08. The molecule has 0 aliphatic rings. The molecule has 0 heterocycles. The molecule has 2 nitrogen and oxygen atoms in total. The molecule has 0 saturated carbocycles. The van der Waals surface area contributed by atoms with Gasteiger partial charge in [-0.15, -0.1) is 0 Å². The summed E-state index contributed by atoms with van der Waals surface area (Å²) in [6.45, 7) is 5.69. The van der Waals surface area contributed by atoms with E-state index in [1.54, 1.807) is 6.07 Å². The Kier molecular flexibility index (Phi) is 3.92. The van der Waals surface area contributed by atoms with Gasteiger partial charge in [-0.25, -0.2) is 0 Å². The standard InChI is InChI=1S/C12H14ClNO/c1-8(2)6-12(15)14-11-5-4-9(3)7-10(11)13/h4-7H,1-3H3,(H,14,15). The SMILES string of the molecule is CC(C)=CC(=O)Nc1ccc(C)cc1Cl. The predicted molar refractivity (Wildman–Crippen MR) is 64.2 cm³/mol. The van der Waals surface area contributed by atoms with E-state index in [2.05, 4.69) is 5.32 Å². The highest BCUT2D eigenvalue weighted by molar-refractivity contribution is 6.33. The first kappa shape index (κ1) is 11.8. The molecule has 0 unspecified atom stereocenters. The van der Waals surface area contributed by atoms with Crippen LogP contribution in [0.4, 0.5) is 5.69 Å². The molecule has 0 aromatic heterocycles. The van der Waals surface area contributed by atoms with Crippen molar-refractivity contribution >= 4 is 23.2 Å². The first-order valence-corrected chi connectivity index (χ1v) is 5.09. The van der Waals surface area contributed by atoms with Crippen molar-refractivity contribution in [2.24, 2.45) is 0 Å². The smallest absolute Gasteiger partial charge is 0.248 e. The summed E-state index contributed by atoms with van der Waals surface area (Å²) < 4.78 is 0. The fraction of sp³-hybridized carbons (Fsp3) is 0.250. The van der Waals surface area contributed by atoms with Gasteiger partial charge in [-0.05, 0) is 38.5 Å². The highest BCUT2D eigenvalue weighted by atomic mass is 35.5. The van der Waals surface area contributed by atoms with E-state index in [1.165, 1.54) is 6.08 Å². The highest BCUT2D eigenvalue weighted by Crippen LogP contribution is 2.22. The number of hydrogen-bond donors (Lipinski definition) is 1. The van der Waals surface area contributed by atoms with E-state index in [0.29, 0.717) is 10.7 Å². The lowest BCUT2D eigenvalue weighted by Gasteiger charge is -2.05. The molecule has 15 heavy (non-hydrogen) atoms. The number of aryl methyl sites for hydroxylation is 1. The van der Waals surface area contributed by atoms with Crippen LogP contribution in [-0.2, 0) is 4.79 Å². The Bertz CT molecular complexity index is 406. The van der Waals surface area contributed by atoms with Gasteiger partial charge in [0, 0.05) is 6.08 Å². The normalized spacial score (nSPS) is 9.60. The van der Waals surface area contributed by atoms with E-state index in [0.717, 1.165) is 11.1 Å². The van der Waals surface area contributed by atoms with Gasteiger partial charge in [-0.3, -0.25) is 4.79 Å². The van der Waals surface area contributed by atoms with Crippen LogP contribution in [0.5, 0.6) is 0 Å². The number of carbonyl (C=O) groups excluding carboxylic acids is 1. The number of hydrogen-bond acceptors (Lipinski definition) is 1. The van der Waals surface area contributed by atoms with Crippen LogP contribution in [0, 0.1) is 6.92 Å². The van der Waals surface area contributed by atoms with Crippen molar-refractivity contribution in [2.75, 3.05) is 5.32 Å². The Labute approximate surface area is 94.9 Å². The molecule has 1 N–H and O–H groups in total. The number of benzene rings is 1. The van der Waals surface area contributed by atoms with Crippen LogP contribution in [0.2, 0.25) is 5.02 Å². The zero-order chi connectivity index (χ0) is 11.4. The van der Waals surface area contributed by atoms with Crippen molar-refractivity contribution in [3.63, 3.8) is 0 Å². The third-order valence-electron chi connectivity index (χ3n) is 1.80. The van der Waals surface area contributed by atoms with Crippen molar-refractivity contribution in [3.8, 4) is 0 Å². The first-order valence-electron chi connectivity index (χ1n) is 4.71. The second-order valence-corrected chi connectivity index (χ2v) is 4.10. The quantitative estimate of drug-likeness (QED) is 0.764. The van der Waals surface area contributed by atoms with Crippen LogP contribution >= 0.6 is 11.6 Å².